The summed E-state index contributed by atoms with van der Waals surface area (Å²) in [7, 11) is 0. The molecule has 30 heavy (non-hydrogen) atoms. The smallest absolute Gasteiger partial charge is 0.220 e. The second-order valence-corrected chi connectivity index (χ2v) is 8.30. The van der Waals surface area contributed by atoms with Crippen LogP contribution in [0.15, 0.2) is 52.4 Å². The SMILES string of the molecule is CC(=O)CNC(=O)CCc1csc(Nc2ncc(Br)cc2OCc2ccccc2)n1. The number of thiazole rings is 1. The van der Waals surface area contributed by atoms with Crippen LogP contribution in [0, 0.1) is 0 Å². The fraction of sp³-hybridized carbons (Fsp3) is 0.238. The van der Waals surface area contributed by atoms with Crippen molar-refractivity contribution in [2.45, 2.75) is 26.4 Å². The zero-order chi connectivity index (χ0) is 21.3. The van der Waals surface area contributed by atoms with E-state index < -0.39 is 0 Å². The molecule has 2 heterocycles. The minimum Gasteiger partial charge on any atom is -0.485 e. The first-order valence-corrected chi connectivity index (χ1v) is 11.0. The maximum atomic E-state index is 11.7. The third-order valence-electron chi connectivity index (χ3n) is 3.98. The highest BCUT2D eigenvalue weighted by Gasteiger charge is 2.11. The summed E-state index contributed by atoms with van der Waals surface area (Å²) in [5.74, 6) is 0.928. The number of halogens is 1. The van der Waals surface area contributed by atoms with Crippen molar-refractivity contribution in [1.29, 1.82) is 0 Å². The lowest BCUT2D eigenvalue weighted by Crippen LogP contribution is -2.28. The number of aromatic nitrogens is 2. The number of hydrogen-bond acceptors (Lipinski definition) is 7. The van der Waals surface area contributed by atoms with Gasteiger partial charge in [0.25, 0.3) is 0 Å². The molecule has 1 amide bonds. The van der Waals surface area contributed by atoms with Crippen LogP contribution in [0.5, 0.6) is 5.75 Å². The number of Topliss-reactive ketones (excluding diaryl/α,β-unsaturated/α-hetero) is 1. The van der Waals surface area contributed by atoms with E-state index in [1.54, 1.807) is 6.20 Å². The van der Waals surface area contributed by atoms with Crippen molar-refractivity contribution >= 4 is 49.9 Å². The summed E-state index contributed by atoms with van der Waals surface area (Å²) in [6.45, 7) is 1.92. The van der Waals surface area contributed by atoms with Gasteiger partial charge in [0.05, 0.1) is 12.2 Å². The predicted molar refractivity (Wildman–Crippen MR) is 120 cm³/mol. The summed E-state index contributed by atoms with van der Waals surface area (Å²) in [5.41, 5.74) is 1.85. The Bertz CT molecular complexity index is 1010. The number of amides is 1. The second kappa shape index (κ2) is 10.8. The molecule has 2 N–H and O–H groups in total. The summed E-state index contributed by atoms with van der Waals surface area (Å²) in [5, 5.41) is 8.32. The van der Waals surface area contributed by atoms with Gasteiger partial charge in [0.15, 0.2) is 16.7 Å². The number of hydrogen-bond donors (Lipinski definition) is 2. The van der Waals surface area contributed by atoms with Gasteiger partial charge in [-0.1, -0.05) is 30.3 Å². The molecule has 3 aromatic rings. The van der Waals surface area contributed by atoms with Crippen LogP contribution in [-0.2, 0) is 22.6 Å². The van der Waals surface area contributed by atoms with Crippen molar-refractivity contribution in [2.75, 3.05) is 11.9 Å². The van der Waals surface area contributed by atoms with Gasteiger partial charge in [-0.2, -0.15) is 0 Å². The lowest BCUT2D eigenvalue weighted by atomic mass is 10.2. The average molecular weight is 489 g/mol. The van der Waals surface area contributed by atoms with E-state index in [9.17, 15) is 9.59 Å². The Hall–Kier alpha value is -2.78. The second-order valence-electron chi connectivity index (χ2n) is 6.52. The van der Waals surface area contributed by atoms with Crippen LogP contribution in [0.1, 0.15) is 24.6 Å². The van der Waals surface area contributed by atoms with Gasteiger partial charge in [-0.25, -0.2) is 9.97 Å². The van der Waals surface area contributed by atoms with Crippen LogP contribution in [0.4, 0.5) is 10.9 Å². The highest BCUT2D eigenvalue weighted by molar-refractivity contribution is 9.10. The largest absolute Gasteiger partial charge is 0.485 e. The molecule has 0 bridgehead atoms. The number of benzene rings is 1. The van der Waals surface area contributed by atoms with Gasteiger partial charge in [-0.3, -0.25) is 9.59 Å². The van der Waals surface area contributed by atoms with Gasteiger partial charge >= 0.3 is 0 Å². The number of aryl methyl sites for hydroxylation is 1. The number of carbonyl (C=O) groups excluding carboxylic acids is 2. The number of anilines is 2. The first-order valence-electron chi connectivity index (χ1n) is 9.29. The van der Waals surface area contributed by atoms with Gasteiger partial charge in [-0.05, 0) is 40.9 Å². The molecule has 0 fully saturated rings. The molecule has 0 radical (unpaired) electrons. The van der Waals surface area contributed by atoms with Crippen LogP contribution in [0.25, 0.3) is 0 Å². The number of rotatable bonds is 10. The Morgan fingerprint density at radius 2 is 2.03 bits per heavy atom. The fourth-order valence-corrected chi connectivity index (χ4v) is 3.55. The summed E-state index contributed by atoms with van der Waals surface area (Å²) < 4.78 is 6.76. The summed E-state index contributed by atoms with van der Waals surface area (Å²) in [4.78, 5) is 31.6. The van der Waals surface area contributed by atoms with Crippen LogP contribution in [0.3, 0.4) is 0 Å². The summed E-state index contributed by atoms with van der Waals surface area (Å²) in [6.07, 6.45) is 2.46. The van der Waals surface area contributed by atoms with E-state index >= 15 is 0 Å². The molecule has 0 atom stereocenters. The quantitative estimate of drug-likeness (QED) is 0.442. The Morgan fingerprint density at radius 3 is 2.80 bits per heavy atom. The fourth-order valence-electron chi connectivity index (χ4n) is 2.49. The molecule has 0 unspecified atom stereocenters. The lowest BCUT2D eigenvalue weighted by Gasteiger charge is -2.11. The van der Waals surface area contributed by atoms with E-state index in [1.165, 1.54) is 18.3 Å². The topological polar surface area (TPSA) is 93.2 Å². The van der Waals surface area contributed by atoms with Gasteiger partial charge in [0.2, 0.25) is 5.91 Å². The highest BCUT2D eigenvalue weighted by atomic mass is 79.9. The molecule has 0 saturated heterocycles. The monoisotopic (exact) mass is 488 g/mol. The molecule has 9 heteroatoms. The van der Waals surface area contributed by atoms with Gasteiger partial charge in [0, 0.05) is 22.5 Å². The summed E-state index contributed by atoms with van der Waals surface area (Å²) in [6, 6.07) is 11.7. The molecule has 156 valence electrons. The third-order valence-corrected chi connectivity index (χ3v) is 5.22. The van der Waals surface area contributed by atoms with Crippen molar-refractivity contribution in [2.24, 2.45) is 0 Å². The first kappa shape index (κ1) is 21.9. The minimum atomic E-state index is -0.168. The first-order chi connectivity index (χ1) is 14.5. The molecule has 0 saturated carbocycles. The number of carbonyl (C=O) groups is 2. The number of nitrogens with one attached hydrogen (secondary N) is 2. The van der Waals surface area contributed by atoms with E-state index in [0.29, 0.717) is 29.7 Å². The lowest BCUT2D eigenvalue weighted by molar-refractivity contribution is -0.124. The number of pyridine rings is 1. The molecule has 0 spiro atoms. The van der Waals surface area contributed by atoms with E-state index in [2.05, 4.69) is 36.5 Å². The highest BCUT2D eigenvalue weighted by Crippen LogP contribution is 2.30. The van der Waals surface area contributed by atoms with Crippen molar-refractivity contribution in [3.8, 4) is 5.75 Å². The van der Waals surface area contributed by atoms with E-state index in [-0.39, 0.29) is 24.7 Å². The van der Waals surface area contributed by atoms with Crippen molar-refractivity contribution < 1.29 is 14.3 Å². The van der Waals surface area contributed by atoms with E-state index in [1.807, 2.05) is 41.8 Å². The molecule has 7 nitrogen and oxygen atoms in total. The van der Waals surface area contributed by atoms with Gasteiger partial charge < -0.3 is 15.4 Å². The van der Waals surface area contributed by atoms with E-state index in [0.717, 1.165) is 15.7 Å². The van der Waals surface area contributed by atoms with Crippen LogP contribution in [0.2, 0.25) is 0 Å². The molecule has 1 aromatic carbocycles. The Labute approximate surface area is 187 Å². The molecule has 2 aromatic heterocycles. The minimum absolute atomic E-state index is 0.0592. The number of ketones is 1. The molecular weight excluding hydrogens is 468 g/mol. The maximum absolute atomic E-state index is 11.7. The van der Waals surface area contributed by atoms with E-state index in [4.69, 9.17) is 4.74 Å². The van der Waals surface area contributed by atoms with Crippen molar-refractivity contribution in [1.82, 2.24) is 15.3 Å². The molecule has 0 aliphatic rings. The summed E-state index contributed by atoms with van der Waals surface area (Å²) >= 11 is 4.85. The van der Waals surface area contributed by atoms with Crippen molar-refractivity contribution in [3.05, 3.63) is 63.7 Å². The standard InChI is InChI=1S/C21H21BrN4O3S/c1-14(27)10-23-19(28)8-7-17-13-30-21(25-17)26-20-18(9-16(22)11-24-20)29-12-15-5-3-2-4-6-15/h2-6,9,11,13H,7-8,10,12H2,1H3,(H,23,28)(H,24,25,26). The molecular formula is C21H21BrN4O3S. The van der Waals surface area contributed by atoms with Gasteiger partial charge in [-0.15, -0.1) is 11.3 Å². The van der Waals surface area contributed by atoms with Gasteiger partial charge in [0.1, 0.15) is 12.4 Å². The van der Waals surface area contributed by atoms with Crippen molar-refractivity contribution in [3.63, 3.8) is 0 Å². The molecule has 0 aliphatic carbocycles. The molecule has 0 aliphatic heterocycles. The maximum Gasteiger partial charge on any atom is 0.220 e. The predicted octanol–water partition coefficient (Wildman–Crippen LogP) is 4.26. The van der Waals surface area contributed by atoms with Crippen LogP contribution < -0.4 is 15.4 Å². The Morgan fingerprint density at radius 1 is 1.23 bits per heavy atom. The third kappa shape index (κ3) is 6.93. The van der Waals surface area contributed by atoms with Crippen LogP contribution in [-0.4, -0.2) is 28.2 Å². The normalized spacial score (nSPS) is 10.5. The number of nitrogens with zero attached hydrogens (tertiary/aromatic N) is 2. The number of ether oxygens (including phenoxy) is 1. The van der Waals surface area contributed by atoms with Crippen LogP contribution >= 0.6 is 27.3 Å². The Kier molecular flexibility index (Phi) is 7.92. The zero-order valence-corrected chi connectivity index (χ0v) is 18.8. The Balaban J connectivity index is 1.59. The average Bonchev–Trinajstić information content (AvgIpc) is 3.19. The molecule has 3 rings (SSSR count). The zero-order valence-electron chi connectivity index (χ0n) is 16.4.